The number of fused-ring (bicyclic) bond motifs is 2. The number of hydrogen-bond donors (Lipinski definition) is 2. The zero-order chi connectivity index (χ0) is 21.9. The van der Waals surface area contributed by atoms with Crippen molar-refractivity contribution >= 4 is 34.2 Å². The van der Waals surface area contributed by atoms with E-state index in [1.807, 2.05) is 12.1 Å². The molecule has 0 radical (unpaired) electrons. The van der Waals surface area contributed by atoms with Crippen LogP contribution in [0.3, 0.4) is 0 Å². The van der Waals surface area contributed by atoms with E-state index in [2.05, 4.69) is 22.3 Å². The van der Waals surface area contributed by atoms with Crippen molar-refractivity contribution in [1.29, 1.82) is 0 Å². The second-order valence-electron chi connectivity index (χ2n) is 9.88. The van der Waals surface area contributed by atoms with Crippen molar-refractivity contribution in [2.45, 2.75) is 54.9 Å². The van der Waals surface area contributed by atoms with Crippen LogP contribution in [0.2, 0.25) is 5.02 Å². The quantitative estimate of drug-likeness (QED) is 0.690. The predicted molar refractivity (Wildman–Crippen MR) is 127 cm³/mol. The summed E-state index contributed by atoms with van der Waals surface area (Å²) in [6.07, 6.45) is 5.72. The summed E-state index contributed by atoms with van der Waals surface area (Å²) in [6.45, 7) is 1.97. The number of anilines is 2. The minimum absolute atomic E-state index is 0.0738. The Morgan fingerprint density at radius 1 is 1.12 bits per heavy atom. The molecule has 8 heteroatoms. The number of halogens is 1. The molecule has 32 heavy (non-hydrogen) atoms. The Labute approximate surface area is 196 Å². The largest absolute Gasteiger partial charge is 0.394 e. The lowest BCUT2D eigenvalue weighted by Crippen LogP contribution is -2.49. The Bertz CT molecular complexity index is 1040. The maximum atomic E-state index is 13.0. The van der Waals surface area contributed by atoms with Crippen molar-refractivity contribution in [2.24, 2.45) is 11.8 Å². The summed E-state index contributed by atoms with van der Waals surface area (Å²) in [7, 11) is -1.10. The summed E-state index contributed by atoms with van der Waals surface area (Å²) in [5.41, 5.74) is 1.97. The first-order valence-corrected chi connectivity index (χ1v) is 13.5. The number of nitrogens with one attached hydrogen (secondary N) is 1. The minimum atomic E-state index is -1.10. The summed E-state index contributed by atoms with van der Waals surface area (Å²) < 4.78 is 13.0. The fraction of sp³-hybridized carbons (Fsp3) is 0.583. The smallest absolute Gasteiger partial charge is 0.227 e. The number of aliphatic hydroxyl groups excluding tert-OH is 1. The summed E-state index contributed by atoms with van der Waals surface area (Å²) in [4.78, 5) is 12.9. The molecule has 0 amide bonds. The van der Waals surface area contributed by atoms with Gasteiger partial charge < -0.3 is 15.3 Å². The van der Waals surface area contributed by atoms with Gasteiger partial charge in [0.2, 0.25) is 5.95 Å². The van der Waals surface area contributed by atoms with Crippen LogP contribution >= 0.6 is 11.6 Å². The molecule has 3 fully saturated rings. The van der Waals surface area contributed by atoms with Crippen LogP contribution in [-0.2, 0) is 17.2 Å². The van der Waals surface area contributed by atoms with Gasteiger partial charge in [0.25, 0.3) is 0 Å². The van der Waals surface area contributed by atoms with Crippen LogP contribution in [0.4, 0.5) is 11.8 Å². The molecule has 1 aromatic heterocycles. The fourth-order valence-electron chi connectivity index (χ4n) is 5.79. The number of benzene rings is 1. The maximum absolute atomic E-state index is 13.0. The second kappa shape index (κ2) is 7.96. The number of piperidine rings is 1. The third kappa shape index (κ3) is 3.53. The van der Waals surface area contributed by atoms with Gasteiger partial charge in [-0.2, -0.15) is 4.98 Å². The Balaban J connectivity index is 1.27. The Morgan fingerprint density at radius 2 is 1.88 bits per heavy atom. The van der Waals surface area contributed by atoms with E-state index in [0.717, 1.165) is 73.2 Å². The maximum Gasteiger partial charge on any atom is 0.227 e. The highest BCUT2D eigenvalue weighted by molar-refractivity contribution is 7.85. The monoisotopic (exact) mass is 472 g/mol. The third-order valence-corrected chi connectivity index (χ3v) is 9.67. The standard InChI is InChI=1S/C24H29ClN4O2S/c25-16-7-5-15(6-8-16)20-17-12-29(13-18(17)20)23-26-19-4-1-2-11-32(31)21(19)22(27-23)28-24(14-30)9-3-10-24/h5-8,17-18,20,30H,1-4,9-14H2,(H,26,27,28)/t17?,18?,20?,32-/m1/s1. The molecular formula is C24H29ClN4O2S. The van der Waals surface area contributed by atoms with Gasteiger partial charge >= 0.3 is 0 Å². The molecule has 6 nitrogen and oxygen atoms in total. The van der Waals surface area contributed by atoms with Crippen molar-refractivity contribution in [3.05, 3.63) is 40.5 Å². The van der Waals surface area contributed by atoms with Crippen LogP contribution in [0, 0.1) is 11.8 Å². The number of rotatable bonds is 5. The summed E-state index contributed by atoms with van der Waals surface area (Å²) >= 11 is 6.06. The molecule has 6 rings (SSSR count). The van der Waals surface area contributed by atoms with E-state index in [4.69, 9.17) is 21.6 Å². The molecule has 1 aromatic carbocycles. The van der Waals surface area contributed by atoms with E-state index >= 15 is 0 Å². The molecule has 2 aliphatic heterocycles. The number of aromatic nitrogens is 2. The number of aryl methyl sites for hydroxylation is 1. The van der Waals surface area contributed by atoms with Gasteiger partial charge in [0.05, 0.1) is 28.6 Å². The van der Waals surface area contributed by atoms with Crippen LogP contribution in [-0.4, -0.2) is 50.3 Å². The Kier molecular flexibility index (Phi) is 5.19. The molecule has 0 spiro atoms. The van der Waals surface area contributed by atoms with Crippen molar-refractivity contribution < 1.29 is 9.32 Å². The number of hydrogen-bond acceptors (Lipinski definition) is 6. The van der Waals surface area contributed by atoms with Crippen LogP contribution in [0.25, 0.3) is 0 Å². The lowest BCUT2D eigenvalue weighted by Gasteiger charge is -2.42. The highest BCUT2D eigenvalue weighted by Gasteiger charge is 2.56. The van der Waals surface area contributed by atoms with Crippen LogP contribution < -0.4 is 10.2 Å². The summed E-state index contributed by atoms with van der Waals surface area (Å²) in [6, 6.07) is 8.26. The number of nitrogens with zero attached hydrogens (tertiary/aromatic N) is 3. The average molecular weight is 473 g/mol. The van der Waals surface area contributed by atoms with Gasteiger partial charge in [-0.15, -0.1) is 0 Å². The van der Waals surface area contributed by atoms with E-state index in [1.165, 1.54) is 5.56 Å². The van der Waals surface area contributed by atoms with E-state index in [1.54, 1.807) is 0 Å². The van der Waals surface area contributed by atoms with Crippen LogP contribution in [0.5, 0.6) is 0 Å². The molecule has 2 unspecified atom stereocenters. The lowest BCUT2D eigenvalue weighted by atomic mass is 9.77. The van der Waals surface area contributed by atoms with Gasteiger partial charge in [-0.05, 0) is 74.0 Å². The predicted octanol–water partition coefficient (Wildman–Crippen LogP) is 3.75. The molecule has 3 atom stereocenters. The highest BCUT2D eigenvalue weighted by Crippen LogP contribution is 2.58. The van der Waals surface area contributed by atoms with Crippen LogP contribution in [0.1, 0.15) is 49.3 Å². The van der Waals surface area contributed by atoms with Gasteiger partial charge in [-0.1, -0.05) is 23.7 Å². The molecule has 3 heterocycles. The van der Waals surface area contributed by atoms with Crippen molar-refractivity contribution in [1.82, 2.24) is 9.97 Å². The van der Waals surface area contributed by atoms with Gasteiger partial charge in [0.1, 0.15) is 10.7 Å². The first-order valence-electron chi connectivity index (χ1n) is 11.8. The van der Waals surface area contributed by atoms with Gasteiger partial charge in [0.15, 0.2) is 0 Å². The van der Waals surface area contributed by atoms with E-state index in [-0.39, 0.29) is 12.1 Å². The molecule has 2 aliphatic carbocycles. The molecule has 170 valence electrons. The fourth-order valence-corrected chi connectivity index (χ4v) is 7.31. The molecule has 0 bridgehead atoms. The molecular weight excluding hydrogens is 444 g/mol. The van der Waals surface area contributed by atoms with Crippen LogP contribution in [0.15, 0.2) is 29.2 Å². The lowest BCUT2D eigenvalue weighted by molar-refractivity contribution is 0.143. The first kappa shape index (κ1) is 20.9. The SMILES string of the molecule is O=[S@@]1CCCCc2nc(N3CC4C(C3)C4c3ccc(Cl)cc3)nc(NC3(CO)CCC3)c21. The summed E-state index contributed by atoms with van der Waals surface area (Å²) in [5, 5.41) is 14.3. The Hall–Kier alpha value is -1.70. The van der Waals surface area contributed by atoms with E-state index < -0.39 is 10.8 Å². The van der Waals surface area contributed by atoms with Gasteiger partial charge in [0, 0.05) is 23.9 Å². The van der Waals surface area contributed by atoms with Crippen molar-refractivity contribution in [3.63, 3.8) is 0 Å². The Morgan fingerprint density at radius 3 is 2.53 bits per heavy atom. The second-order valence-corrected chi connectivity index (χ2v) is 11.8. The molecule has 4 aliphatic rings. The third-order valence-electron chi connectivity index (χ3n) is 7.87. The normalized spacial score (nSPS) is 30.1. The average Bonchev–Trinajstić information content (AvgIpc) is 3.33. The summed E-state index contributed by atoms with van der Waals surface area (Å²) in [5.74, 6) is 3.95. The van der Waals surface area contributed by atoms with Gasteiger partial charge in [-0.3, -0.25) is 4.21 Å². The zero-order valence-electron chi connectivity index (χ0n) is 18.1. The van der Waals surface area contributed by atoms with E-state index in [9.17, 15) is 9.32 Å². The molecule has 2 aromatic rings. The van der Waals surface area contributed by atoms with Crippen molar-refractivity contribution in [3.8, 4) is 0 Å². The van der Waals surface area contributed by atoms with Crippen molar-refractivity contribution in [2.75, 3.05) is 35.7 Å². The minimum Gasteiger partial charge on any atom is -0.394 e. The molecule has 2 saturated carbocycles. The number of aliphatic hydroxyl groups is 1. The topological polar surface area (TPSA) is 78.4 Å². The first-order chi connectivity index (χ1) is 15.6. The molecule has 1 saturated heterocycles. The van der Waals surface area contributed by atoms with E-state index in [0.29, 0.717) is 29.3 Å². The highest BCUT2D eigenvalue weighted by atomic mass is 35.5. The molecule has 2 N–H and O–H groups in total. The van der Waals surface area contributed by atoms with Gasteiger partial charge in [-0.25, -0.2) is 4.98 Å². The zero-order valence-corrected chi connectivity index (χ0v) is 19.7.